The molecule has 0 spiro atoms. The van der Waals surface area contributed by atoms with E-state index in [4.69, 9.17) is 0 Å². The Hall–Kier alpha value is -2.94. The predicted molar refractivity (Wildman–Crippen MR) is 99.1 cm³/mol. The van der Waals surface area contributed by atoms with Gasteiger partial charge < -0.3 is 0 Å². The molecule has 0 atom stereocenters. The Labute approximate surface area is 142 Å². The molecule has 0 radical (unpaired) electrons. The van der Waals surface area contributed by atoms with Gasteiger partial charge in [-0.2, -0.15) is 5.10 Å². The Morgan fingerprint density at radius 2 is 1.62 bits per heavy atom. The van der Waals surface area contributed by atoms with E-state index in [0.717, 1.165) is 34.0 Å². The van der Waals surface area contributed by atoms with Gasteiger partial charge >= 0.3 is 0 Å². The fourth-order valence-corrected chi connectivity index (χ4v) is 2.77. The fraction of sp³-hybridized carbons (Fsp3) is 0.143. The van der Waals surface area contributed by atoms with Crippen LogP contribution in [0.25, 0.3) is 10.8 Å². The van der Waals surface area contributed by atoms with Gasteiger partial charge in [-0.1, -0.05) is 79.7 Å². The van der Waals surface area contributed by atoms with Crippen molar-refractivity contribution in [3.63, 3.8) is 0 Å². The molecule has 1 N–H and O–H groups in total. The first-order chi connectivity index (χ1) is 11.8. The van der Waals surface area contributed by atoms with Gasteiger partial charge in [0, 0.05) is 0 Å². The fourth-order valence-electron chi connectivity index (χ4n) is 2.77. The Bertz CT molecular complexity index is 864. The van der Waals surface area contributed by atoms with Gasteiger partial charge in [-0.05, 0) is 28.3 Å². The molecule has 0 saturated carbocycles. The van der Waals surface area contributed by atoms with Crippen LogP contribution in [0.3, 0.4) is 0 Å². The van der Waals surface area contributed by atoms with Crippen molar-refractivity contribution in [3.05, 3.63) is 83.9 Å². The Morgan fingerprint density at radius 1 is 0.917 bits per heavy atom. The van der Waals surface area contributed by atoms with E-state index >= 15 is 0 Å². The highest BCUT2D eigenvalue weighted by molar-refractivity contribution is 6.01. The van der Waals surface area contributed by atoms with Crippen LogP contribution in [0, 0.1) is 0 Å². The van der Waals surface area contributed by atoms with E-state index in [2.05, 4.69) is 22.7 Å². The second kappa shape index (κ2) is 7.55. The molecule has 0 saturated heterocycles. The molecule has 0 aliphatic heterocycles. The van der Waals surface area contributed by atoms with Crippen LogP contribution >= 0.6 is 0 Å². The number of carbonyl (C=O) groups is 1. The first kappa shape index (κ1) is 15.9. The van der Waals surface area contributed by atoms with Crippen LogP contribution in [0.15, 0.2) is 77.9 Å². The molecule has 3 rings (SSSR count). The number of amides is 1. The maximum atomic E-state index is 12.3. The van der Waals surface area contributed by atoms with E-state index in [0.29, 0.717) is 6.42 Å². The monoisotopic (exact) mass is 316 g/mol. The van der Waals surface area contributed by atoms with Gasteiger partial charge in [0.2, 0.25) is 5.91 Å². The van der Waals surface area contributed by atoms with Crippen molar-refractivity contribution in [1.29, 1.82) is 0 Å². The van der Waals surface area contributed by atoms with Crippen molar-refractivity contribution in [1.82, 2.24) is 5.43 Å². The molecule has 0 bridgehead atoms. The molecule has 24 heavy (non-hydrogen) atoms. The number of nitrogens with zero attached hydrogens (tertiary/aromatic N) is 1. The third-order valence-electron chi connectivity index (χ3n) is 3.99. The molecular formula is C21H20N2O. The van der Waals surface area contributed by atoms with Gasteiger partial charge in [0.15, 0.2) is 0 Å². The molecule has 0 unspecified atom stereocenters. The minimum atomic E-state index is -0.103. The lowest BCUT2D eigenvalue weighted by Crippen LogP contribution is -2.22. The van der Waals surface area contributed by atoms with E-state index in [1.165, 1.54) is 0 Å². The lowest BCUT2D eigenvalue weighted by molar-refractivity contribution is -0.120. The quantitative estimate of drug-likeness (QED) is 0.553. The normalized spacial score (nSPS) is 11.5. The highest BCUT2D eigenvalue weighted by atomic mass is 16.2. The second-order valence-corrected chi connectivity index (χ2v) is 5.63. The lowest BCUT2D eigenvalue weighted by atomic mass is 10.0. The molecule has 0 aromatic heterocycles. The summed E-state index contributed by atoms with van der Waals surface area (Å²) < 4.78 is 0. The van der Waals surface area contributed by atoms with Crippen LogP contribution in [-0.2, 0) is 11.2 Å². The Kier molecular flexibility index (Phi) is 5.02. The summed E-state index contributed by atoms with van der Waals surface area (Å²) in [5, 5.41) is 6.56. The maximum Gasteiger partial charge on any atom is 0.244 e. The number of benzene rings is 3. The van der Waals surface area contributed by atoms with Gasteiger partial charge in [0.1, 0.15) is 0 Å². The summed E-state index contributed by atoms with van der Waals surface area (Å²) >= 11 is 0. The van der Waals surface area contributed by atoms with E-state index < -0.39 is 0 Å². The number of nitrogens with one attached hydrogen (secondary N) is 1. The van der Waals surface area contributed by atoms with Crippen molar-refractivity contribution >= 4 is 22.4 Å². The third kappa shape index (κ3) is 3.69. The van der Waals surface area contributed by atoms with Crippen LogP contribution < -0.4 is 5.43 Å². The van der Waals surface area contributed by atoms with Crippen molar-refractivity contribution in [2.45, 2.75) is 19.8 Å². The van der Waals surface area contributed by atoms with E-state index in [9.17, 15) is 4.79 Å². The summed E-state index contributed by atoms with van der Waals surface area (Å²) in [7, 11) is 0. The molecule has 0 aliphatic carbocycles. The largest absolute Gasteiger partial charge is 0.273 e. The number of hydrogen-bond donors (Lipinski definition) is 1. The molecule has 3 aromatic rings. The number of hydrogen-bond acceptors (Lipinski definition) is 2. The summed E-state index contributed by atoms with van der Waals surface area (Å²) in [4.78, 5) is 12.3. The van der Waals surface area contributed by atoms with E-state index in [1.54, 1.807) is 0 Å². The van der Waals surface area contributed by atoms with Crippen LogP contribution in [0.1, 0.15) is 24.5 Å². The molecule has 3 aromatic carbocycles. The zero-order valence-corrected chi connectivity index (χ0v) is 13.7. The highest BCUT2D eigenvalue weighted by Gasteiger charge is 2.07. The smallest absolute Gasteiger partial charge is 0.244 e. The molecule has 0 heterocycles. The van der Waals surface area contributed by atoms with Gasteiger partial charge in [0.25, 0.3) is 0 Å². The Morgan fingerprint density at radius 3 is 2.42 bits per heavy atom. The molecule has 120 valence electrons. The van der Waals surface area contributed by atoms with Crippen LogP contribution in [0.5, 0.6) is 0 Å². The minimum absolute atomic E-state index is 0.103. The lowest BCUT2D eigenvalue weighted by Gasteiger charge is -2.07. The number of rotatable bonds is 5. The molecule has 3 heteroatoms. The number of hydrazone groups is 1. The number of fused-ring (bicyclic) bond motifs is 1. The molecule has 1 amide bonds. The average molecular weight is 316 g/mol. The standard InChI is InChI=1S/C21H20N2O/c1-2-20(17-10-4-3-5-11-17)22-23-21(24)15-18-13-8-12-16-9-6-7-14-19(16)18/h3-14H,2,15H2,1H3,(H,23,24). The molecule has 3 nitrogen and oxygen atoms in total. The highest BCUT2D eigenvalue weighted by Crippen LogP contribution is 2.18. The first-order valence-electron chi connectivity index (χ1n) is 8.15. The summed E-state index contributed by atoms with van der Waals surface area (Å²) in [5.74, 6) is -0.103. The topological polar surface area (TPSA) is 41.5 Å². The summed E-state index contributed by atoms with van der Waals surface area (Å²) in [5.41, 5.74) is 5.62. The zero-order valence-electron chi connectivity index (χ0n) is 13.7. The second-order valence-electron chi connectivity index (χ2n) is 5.63. The predicted octanol–water partition coefficient (Wildman–Crippen LogP) is 4.31. The first-order valence-corrected chi connectivity index (χ1v) is 8.15. The van der Waals surface area contributed by atoms with E-state index in [1.807, 2.05) is 67.6 Å². The van der Waals surface area contributed by atoms with Crippen molar-refractivity contribution < 1.29 is 4.79 Å². The molecular weight excluding hydrogens is 296 g/mol. The minimum Gasteiger partial charge on any atom is -0.273 e. The molecule has 0 fully saturated rings. The van der Waals surface area contributed by atoms with E-state index in [-0.39, 0.29) is 5.91 Å². The van der Waals surface area contributed by atoms with Gasteiger partial charge in [-0.15, -0.1) is 0 Å². The zero-order chi connectivity index (χ0) is 16.8. The summed E-state index contributed by atoms with van der Waals surface area (Å²) in [6.07, 6.45) is 1.08. The van der Waals surface area contributed by atoms with Crippen LogP contribution in [-0.4, -0.2) is 11.6 Å². The van der Waals surface area contributed by atoms with Gasteiger partial charge in [-0.25, -0.2) is 5.43 Å². The third-order valence-corrected chi connectivity index (χ3v) is 3.99. The summed E-state index contributed by atoms with van der Waals surface area (Å²) in [6.45, 7) is 2.03. The van der Waals surface area contributed by atoms with Crippen molar-refractivity contribution in [3.8, 4) is 0 Å². The van der Waals surface area contributed by atoms with Crippen molar-refractivity contribution in [2.75, 3.05) is 0 Å². The average Bonchev–Trinajstić information content (AvgIpc) is 2.63. The number of carbonyl (C=O) groups excluding carboxylic acids is 1. The van der Waals surface area contributed by atoms with Gasteiger partial charge in [-0.3, -0.25) is 4.79 Å². The SMILES string of the molecule is CCC(=NNC(=O)Cc1cccc2ccccc12)c1ccccc1. The van der Waals surface area contributed by atoms with Crippen LogP contribution in [0.2, 0.25) is 0 Å². The van der Waals surface area contributed by atoms with Crippen LogP contribution in [0.4, 0.5) is 0 Å². The van der Waals surface area contributed by atoms with Gasteiger partial charge in [0.05, 0.1) is 12.1 Å². The maximum absolute atomic E-state index is 12.3. The summed E-state index contributed by atoms with van der Waals surface area (Å²) in [6, 6.07) is 24.0. The molecule has 0 aliphatic rings. The van der Waals surface area contributed by atoms with Crippen molar-refractivity contribution in [2.24, 2.45) is 5.10 Å². The Balaban J connectivity index is 1.74.